The molecule has 1 rings (SSSR count). The van der Waals surface area contributed by atoms with Crippen LogP contribution in [0.15, 0.2) is 24.3 Å². The normalized spacial score (nSPS) is 11.4. The second kappa shape index (κ2) is 8.28. The first-order chi connectivity index (χ1) is 8.59. The van der Waals surface area contributed by atoms with Gasteiger partial charge < -0.3 is 9.47 Å². The van der Waals surface area contributed by atoms with Gasteiger partial charge in [0.15, 0.2) is 0 Å². The minimum Gasteiger partial charge on any atom is -0.379 e. The Bertz CT molecular complexity index is 314. The molecule has 0 spiro atoms. The Morgan fingerprint density at radius 3 is 2.06 bits per heavy atom. The average molecular weight is 250 g/mol. The zero-order valence-electron chi connectivity index (χ0n) is 12.1. The number of hydrogen-bond acceptors (Lipinski definition) is 2. The molecular formula is C16H26O2. The van der Waals surface area contributed by atoms with Crippen LogP contribution in [-0.2, 0) is 16.1 Å². The van der Waals surface area contributed by atoms with Crippen LogP contribution >= 0.6 is 0 Å². The maximum atomic E-state index is 5.58. The number of benzene rings is 1. The number of ether oxygens (including phenoxy) is 2. The molecule has 1 aromatic rings. The van der Waals surface area contributed by atoms with Crippen molar-refractivity contribution in [3.63, 3.8) is 0 Å². The maximum absolute atomic E-state index is 5.58. The van der Waals surface area contributed by atoms with E-state index in [0.29, 0.717) is 31.7 Å². The first-order valence-electron chi connectivity index (χ1n) is 6.84. The summed E-state index contributed by atoms with van der Waals surface area (Å²) in [5.41, 5.74) is 2.60. The van der Waals surface area contributed by atoms with Crippen LogP contribution in [0.5, 0.6) is 0 Å². The van der Waals surface area contributed by atoms with Crippen molar-refractivity contribution < 1.29 is 9.47 Å². The Kier molecular flexibility index (Phi) is 6.99. The molecule has 0 aromatic heterocycles. The van der Waals surface area contributed by atoms with Crippen molar-refractivity contribution in [1.82, 2.24) is 0 Å². The molecule has 1 aromatic carbocycles. The molecule has 0 bridgehead atoms. The highest BCUT2D eigenvalue weighted by Crippen LogP contribution is 2.14. The van der Waals surface area contributed by atoms with Gasteiger partial charge >= 0.3 is 0 Å². The first kappa shape index (κ1) is 15.2. The van der Waals surface area contributed by atoms with Gasteiger partial charge in [-0.25, -0.2) is 0 Å². The Balaban J connectivity index is 2.15. The average Bonchev–Trinajstić information content (AvgIpc) is 2.34. The zero-order valence-corrected chi connectivity index (χ0v) is 12.1. The highest BCUT2D eigenvalue weighted by Gasteiger charge is 1.99. The molecule has 102 valence electrons. The highest BCUT2D eigenvalue weighted by molar-refractivity contribution is 5.24. The number of rotatable bonds is 8. The van der Waals surface area contributed by atoms with Crippen molar-refractivity contribution in [3.05, 3.63) is 35.4 Å². The van der Waals surface area contributed by atoms with Crippen LogP contribution in [0.4, 0.5) is 0 Å². The van der Waals surface area contributed by atoms with Crippen molar-refractivity contribution >= 4 is 0 Å². The monoisotopic (exact) mass is 250 g/mol. The van der Waals surface area contributed by atoms with Crippen LogP contribution in [0, 0.1) is 5.92 Å². The lowest BCUT2D eigenvalue weighted by molar-refractivity contribution is 0.0314. The predicted molar refractivity (Wildman–Crippen MR) is 75.8 cm³/mol. The molecule has 0 aliphatic heterocycles. The minimum absolute atomic E-state index is 0.587. The fraction of sp³-hybridized carbons (Fsp3) is 0.625. The quantitative estimate of drug-likeness (QED) is 0.649. The maximum Gasteiger partial charge on any atom is 0.0718 e. The fourth-order valence-electron chi connectivity index (χ4n) is 1.63. The van der Waals surface area contributed by atoms with E-state index in [1.807, 2.05) is 0 Å². The van der Waals surface area contributed by atoms with Crippen molar-refractivity contribution in [2.45, 2.75) is 40.2 Å². The van der Waals surface area contributed by atoms with Gasteiger partial charge in [-0.2, -0.15) is 0 Å². The van der Waals surface area contributed by atoms with Crippen LogP contribution < -0.4 is 0 Å². The van der Waals surface area contributed by atoms with E-state index in [4.69, 9.17) is 9.47 Å². The van der Waals surface area contributed by atoms with Crippen molar-refractivity contribution in [2.24, 2.45) is 5.92 Å². The molecule has 0 fully saturated rings. The Morgan fingerprint density at radius 2 is 1.50 bits per heavy atom. The summed E-state index contributed by atoms with van der Waals surface area (Å²) in [6.45, 7) is 11.5. The van der Waals surface area contributed by atoms with Crippen molar-refractivity contribution in [1.29, 1.82) is 0 Å². The van der Waals surface area contributed by atoms with E-state index in [9.17, 15) is 0 Å². The van der Waals surface area contributed by atoms with E-state index in [1.54, 1.807) is 0 Å². The molecular weight excluding hydrogens is 224 g/mol. The van der Waals surface area contributed by atoms with Crippen LogP contribution in [0.25, 0.3) is 0 Å². The van der Waals surface area contributed by atoms with E-state index in [0.717, 1.165) is 6.61 Å². The second-order valence-corrected chi connectivity index (χ2v) is 5.42. The lowest BCUT2D eigenvalue weighted by Gasteiger charge is -2.09. The SMILES string of the molecule is CC(C)COCCOCc1ccc(C(C)C)cc1. The van der Waals surface area contributed by atoms with Gasteiger partial charge in [0.1, 0.15) is 0 Å². The topological polar surface area (TPSA) is 18.5 Å². The fourth-order valence-corrected chi connectivity index (χ4v) is 1.63. The summed E-state index contributed by atoms with van der Waals surface area (Å²) in [5, 5.41) is 0. The van der Waals surface area contributed by atoms with Crippen LogP contribution in [0.1, 0.15) is 44.7 Å². The Labute approximate surface area is 111 Å². The molecule has 0 N–H and O–H groups in total. The summed E-state index contributed by atoms with van der Waals surface area (Å²) in [6.07, 6.45) is 0. The van der Waals surface area contributed by atoms with E-state index in [1.165, 1.54) is 11.1 Å². The summed E-state index contributed by atoms with van der Waals surface area (Å²) in [5.74, 6) is 1.18. The predicted octanol–water partition coefficient (Wildman–Crippen LogP) is 4.00. The van der Waals surface area contributed by atoms with E-state index >= 15 is 0 Å². The van der Waals surface area contributed by atoms with Gasteiger partial charge in [0.05, 0.1) is 19.8 Å². The Hall–Kier alpha value is -0.860. The Morgan fingerprint density at radius 1 is 0.889 bits per heavy atom. The molecule has 2 nitrogen and oxygen atoms in total. The van der Waals surface area contributed by atoms with E-state index < -0.39 is 0 Å². The van der Waals surface area contributed by atoms with E-state index in [2.05, 4.69) is 52.0 Å². The third-order valence-electron chi connectivity index (χ3n) is 2.74. The van der Waals surface area contributed by atoms with Crippen molar-refractivity contribution in [3.8, 4) is 0 Å². The summed E-state index contributed by atoms with van der Waals surface area (Å²) < 4.78 is 11.0. The van der Waals surface area contributed by atoms with Crippen LogP contribution in [0.2, 0.25) is 0 Å². The molecule has 0 radical (unpaired) electrons. The van der Waals surface area contributed by atoms with Gasteiger partial charge in [0.25, 0.3) is 0 Å². The third-order valence-corrected chi connectivity index (χ3v) is 2.74. The zero-order chi connectivity index (χ0) is 13.4. The summed E-state index contributed by atoms with van der Waals surface area (Å²) in [4.78, 5) is 0. The van der Waals surface area contributed by atoms with Crippen molar-refractivity contribution in [2.75, 3.05) is 19.8 Å². The molecule has 0 atom stereocenters. The summed E-state index contributed by atoms with van der Waals surface area (Å²) >= 11 is 0. The third kappa shape index (κ3) is 6.18. The first-order valence-corrected chi connectivity index (χ1v) is 6.84. The highest BCUT2D eigenvalue weighted by atomic mass is 16.5. The molecule has 0 amide bonds. The molecule has 0 aliphatic rings. The number of hydrogen-bond donors (Lipinski definition) is 0. The van der Waals surface area contributed by atoms with Gasteiger partial charge in [-0.1, -0.05) is 52.0 Å². The largest absolute Gasteiger partial charge is 0.379 e. The molecule has 0 heterocycles. The molecule has 0 saturated carbocycles. The van der Waals surface area contributed by atoms with Gasteiger partial charge in [-0.3, -0.25) is 0 Å². The lowest BCUT2D eigenvalue weighted by atomic mass is 10.0. The summed E-state index contributed by atoms with van der Waals surface area (Å²) in [7, 11) is 0. The minimum atomic E-state index is 0.587. The summed E-state index contributed by atoms with van der Waals surface area (Å²) in [6, 6.07) is 8.64. The van der Waals surface area contributed by atoms with Crippen LogP contribution in [-0.4, -0.2) is 19.8 Å². The van der Waals surface area contributed by atoms with Gasteiger partial charge in [-0.15, -0.1) is 0 Å². The molecule has 0 saturated heterocycles. The second-order valence-electron chi connectivity index (χ2n) is 5.42. The van der Waals surface area contributed by atoms with Gasteiger partial charge in [0, 0.05) is 6.61 Å². The molecule has 0 aliphatic carbocycles. The standard InChI is InChI=1S/C16H26O2/c1-13(2)11-17-9-10-18-12-15-5-7-16(8-6-15)14(3)4/h5-8,13-14H,9-12H2,1-4H3. The molecule has 0 unspecified atom stereocenters. The molecule has 18 heavy (non-hydrogen) atoms. The lowest BCUT2D eigenvalue weighted by Crippen LogP contribution is -2.08. The van der Waals surface area contributed by atoms with E-state index in [-0.39, 0.29) is 0 Å². The van der Waals surface area contributed by atoms with Gasteiger partial charge in [0.2, 0.25) is 0 Å². The molecule has 2 heteroatoms. The van der Waals surface area contributed by atoms with Gasteiger partial charge in [-0.05, 0) is 23.0 Å². The smallest absolute Gasteiger partial charge is 0.0718 e. The van der Waals surface area contributed by atoms with Crippen LogP contribution in [0.3, 0.4) is 0 Å².